The van der Waals surface area contributed by atoms with Gasteiger partial charge < -0.3 is 33.2 Å². The Labute approximate surface area is 184 Å². The molecule has 1 unspecified atom stereocenters. The molecule has 0 saturated heterocycles. The number of fused-ring (bicyclic) bond motifs is 1. The van der Waals surface area contributed by atoms with Gasteiger partial charge >= 0.3 is 11.9 Å². The molecule has 0 fully saturated rings. The van der Waals surface area contributed by atoms with Crippen molar-refractivity contribution in [1.29, 1.82) is 0 Å². The fraction of sp³-hybridized carbons (Fsp3) is 0.304. The molecular weight excluding hydrogens is 420 g/mol. The Balaban J connectivity index is 1.98. The van der Waals surface area contributed by atoms with Crippen LogP contribution in [0.2, 0.25) is 0 Å². The summed E-state index contributed by atoms with van der Waals surface area (Å²) < 4.78 is 38.0. The first kappa shape index (κ1) is 21.4. The third-order valence-electron chi connectivity index (χ3n) is 5.20. The van der Waals surface area contributed by atoms with Crippen LogP contribution in [-0.2, 0) is 19.1 Å². The Morgan fingerprint density at radius 1 is 0.906 bits per heavy atom. The van der Waals surface area contributed by atoms with Crippen LogP contribution in [0.15, 0.2) is 41.7 Å². The topological polar surface area (TPSA) is 98.8 Å². The van der Waals surface area contributed by atoms with Gasteiger partial charge in [-0.15, -0.1) is 0 Å². The summed E-state index contributed by atoms with van der Waals surface area (Å²) in [7, 11) is 4.52. The van der Waals surface area contributed by atoms with E-state index in [-0.39, 0.29) is 24.7 Å². The Kier molecular flexibility index (Phi) is 5.81. The minimum absolute atomic E-state index is 0.00189. The minimum Gasteiger partial charge on any atom is -0.497 e. The molecule has 4 rings (SSSR count). The van der Waals surface area contributed by atoms with Crippen molar-refractivity contribution in [3.63, 3.8) is 0 Å². The van der Waals surface area contributed by atoms with Crippen LogP contribution in [-0.4, -0.2) is 46.7 Å². The van der Waals surface area contributed by atoms with Gasteiger partial charge in [0.15, 0.2) is 23.0 Å². The monoisotopic (exact) mass is 442 g/mol. The zero-order valence-corrected chi connectivity index (χ0v) is 18.1. The third-order valence-corrected chi connectivity index (χ3v) is 5.20. The lowest BCUT2D eigenvalue weighted by molar-refractivity contribution is -0.136. The molecule has 0 N–H and O–H groups in total. The molecule has 0 radical (unpaired) electrons. The van der Waals surface area contributed by atoms with E-state index in [2.05, 4.69) is 0 Å². The van der Waals surface area contributed by atoms with Gasteiger partial charge in [-0.3, -0.25) is 4.79 Å². The van der Waals surface area contributed by atoms with E-state index in [1.807, 2.05) is 0 Å². The molecule has 0 amide bonds. The highest BCUT2D eigenvalue weighted by Crippen LogP contribution is 2.47. The molecule has 0 spiro atoms. The lowest BCUT2D eigenvalue weighted by Gasteiger charge is -2.22. The van der Waals surface area contributed by atoms with Crippen LogP contribution in [0.4, 0.5) is 0 Å². The van der Waals surface area contributed by atoms with Crippen LogP contribution in [0.3, 0.4) is 0 Å². The van der Waals surface area contributed by atoms with E-state index in [1.165, 1.54) is 28.3 Å². The number of ether oxygens (including phenoxy) is 7. The summed E-state index contributed by atoms with van der Waals surface area (Å²) in [4.78, 5) is 24.7. The highest BCUT2D eigenvalue weighted by molar-refractivity contribution is 5.94. The van der Waals surface area contributed by atoms with Crippen molar-refractivity contribution in [2.24, 2.45) is 0 Å². The average molecular weight is 442 g/mol. The second-order valence-corrected chi connectivity index (χ2v) is 7.00. The highest BCUT2D eigenvalue weighted by Gasteiger charge is 2.38. The Morgan fingerprint density at radius 3 is 2.28 bits per heavy atom. The Bertz CT molecular complexity index is 1100. The van der Waals surface area contributed by atoms with E-state index in [4.69, 9.17) is 33.2 Å². The molecule has 32 heavy (non-hydrogen) atoms. The molecule has 0 aromatic heterocycles. The molecule has 168 valence electrons. The number of hydrogen-bond donors (Lipinski definition) is 0. The van der Waals surface area contributed by atoms with Crippen molar-refractivity contribution in [2.45, 2.75) is 12.8 Å². The average Bonchev–Trinajstić information content (AvgIpc) is 3.39. The highest BCUT2D eigenvalue weighted by atomic mass is 16.7. The molecule has 2 aromatic carbocycles. The van der Waals surface area contributed by atoms with Gasteiger partial charge in [-0.05, 0) is 23.8 Å². The van der Waals surface area contributed by atoms with Gasteiger partial charge in [-0.25, -0.2) is 4.79 Å². The zero-order valence-electron chi connectivity index (χ0n) is 18.1. The van der Waals surface area contributed by atoms with E-state index in [0.717, 1.165) is 0 Å². The van der Waals surface area contributed by atoms with E-state index in [9.17, 15) is 9.59 Å². The largest absolute Gasteiger partial charge is 0.497 e. The number of benzene rings is 2. The molecule has 1 atom stereocenters. The number of methoxy groups -OCH3 is 3. The first-order valence-corrected chi connectivity index (χ1v) is 9.74. The van der Waals surface area contributed by atoms with E-state index in [0.29, 0.717) is 39.9 Å². The molecule has 9 heteroatoms. The van der Waals surface area contributed by atoms with Gasteiger partial charge in [-0.2, -0.15) is 0 Å². The van der Waals surface area contributed by atoms with Crippen molar-refractivity contribution in [1.82, 2.24) is 0 Å². The molecule has 9 nitrogen and oxygen atoms in total. The van der Waals surface area contributed by atoms with Crippen LogP contribution >= 0.6 is 0 Å². The second-order valence-electron chi connectivity index (χ2n) is 7.00. The van der Waals surface area contributed by atoms with Crippen LogP contribution in [0.1, 0.15) is 24.0 Å². The third kappa shape index (κ3) is 3.77. The van der Waals surface area contributed by atoms with Crippen molar-refractivity contribution < 1.29 is 42.7 Å². The molecular formula is C23H22O9. The predicted octanol–water partition coefficient (Wildman–Crippen LogP) is 2.95. The summed E-state index contributed by atoms with van der Waals surface area (Å²) in [5.74, 6) is 0.720. The lowest BCUT2D eigenvalue weighted by atomic mass is 9.83. The van der Waals surface area contributed by atoms with Gasteiger partial charge in [0.2, 0.25) is 6.79 Å². The van der Waals surface area contributed by atoms with Crippen molar-refractivity contribution in [3.8, 4) is 28.7 Å². The molecule has 2 heterocycles. The van der Waals surface area contributed by atoms with E-state index >= 15 is 0 Å². The van der Waals surface area contributed by atoms with Crippen LogP contribution < -0.4 is 23.7 Å². The zero-order chi connectivity index (χ0) is 22.8. The van der Waals surface area contributed by atoms with Crippen molar-refractivity contribution in [3.05, 3.63) is 52.8 Å². The normalized spacial score (nSPS) is 15.3. The molecule has 2 aromatic rings. The lowest BCUT2D eigenvalue weighted by Crippen LogP contribution is -2.15. The molecule has 0 aliphatic carbocycles. The van der Waals surface area contributed by atoms with E-state index in [1.54, 1.807) is 30.3 Å². The molecule has 2 aliphatic rings. The second kappa shape index (κ2) is 8.70. The first-order valence-electron chi connectivity index (χ1n) is 9.74. The minimum atomic E-state index is -0.719. The number of hydrogen-bond acceptors (Lipinski definition) is 9. The maximum atomic E-state index is 12.8. The summed E-state index contributed by atoms with van der Waals surface area (Å²) >= 11 is 0. The van der Waals surface area contributed by atoms with Crippen LogP contribution in [0, 0.1) is 0 Å². The molecule has 0 bridgehead atoms. The van der Waals surface area contributed by atoms with Crippen molar-refractivity contribution >= 4 is 11.9 Å². The Hall–Kier alpha value is -3.88. The van der Waals surface area contributed by atoms with Gasteiger partial charge in [0, 0.05) is 24.5 Å². The van der Waals surface area contributed by atoms with Crippen molar-refractivity contribution in [2.75, 3.05) is 34.7 Å². The fourth-order valence-electron chi connectivity index (χ4n) is 3.79. The van der Waals surface area contributed by atoms with Gasteiger partial charge in [0.25, 0.3) is 0 Å². The maximum Gasteiger partial charge on any atom is 0.338 e. The SMILES string of the molecule is COC1=C(C(c2ccc(OC)c(OC)c2)c2cc3c(cc2OC(C)=O)OCO3)C(=O)OC1. The van der Waals surface area contributed by atoms with Crippen LogP contribution in [0.25, 0.3) is 0 Å². The predicted molar refractivity (Wildman–Crippen MR) is 110 cm³/mol. The summed E-state index contributed by atoms with van der Waals surface area (Å²) in [6.45, 7) is 1.33. The first-order chi connectivity index (χ1) is 15.5. The molecule has 2 aliphatic heterocycles. The summed E-state index contributed by atoms with van der Waals surface area (Å²) in [5, 5.41) is 0. The van der Waals surface area contributed by atoms with Crippen LogP contribution in [0.5, 0.6) is 28.7 Å². The van der Waals surface area contributed by atoms with E-state index < -0.39 is 17.9 Å². The fourth-order valence-corrected chi connectivity index (χ4v) is 3.79. The summed E-state index contributed by atoms with van der Waals surface area (Å²) in [6.07, 6.45) is 0. The Morgan fingerprint density at radius 2 is 1.62 bits per heavy atom. The summed E-state index contributed by atoms with van der Waals surface area (Å²) in [5.41, 5.74) is 1.45. The van der Waals surface area contributed by atoms with Gasteiger partial charge in [-0.1, -0.05) is 6.07 Å². The number of carbonyl (C=O) groups is 2. The summed E-state index contributed by atoms with van der Waals surface area (Å²) in [6, 6.07) is 8.53. The smallest absolute Gasteiger partial charge is 0.338 e. The quantitative estimate of drug-likeness (QED) is 0.473. The number of esters is 2. The number of cyclic esters (lactones) is 1. The maximum absolute atomic E-state index is 12.8. The molecule has 0 saturated carbocycles. The standard InChI is InChI=1S/C23H22O9/c1-12(24)32-16-9-19-18(30-11-31-19)8-14(16)21(22-20(28-4)10-29-23(22)25)13-5-6-15(26-2)17(7-13)27-3/h5-9,21H,10-11H2,1-4H3. The van der Waals surface area contributed by atoms with Gasteiger partial charge in [0.1, 0.15) is 18.1 Å². The number of carbonyl (C=O) groups excluding carboxylic acids is 2. The number of rotatable bonds is 7. The van der Waals surface area contributed by atoms with Gasteiger partial charge in [0.05, 0.1) is 26.9 Å².